The average Bonchev–Trinajstić information content (AvgIpc) is 2.41. The van der Waals surface area contributed by atoms with Gasteiger partial charge in [-0.05, 0) is 19.4 Å². The van der Waals surface area contributed by atoms with E-state index in [2.05, 4.69) is 11.9 Å². The van der Waals surface area contributed by atoms with Crippen LogP contribution in [0.25, 0.3) is 0 Å². The zero-order chi connectivity index (χ0) is 10.1. The van der Waals surface area contributed by atoms with Crippen LogP contribution in [0.15, 0.2) is 12.7 Å². The van der Waals surface area contributed by atoms with Crippen LogP contribution < -0.4 is 5.32 Å². The molecule has 5 atom stereocenters. The van der Waals surface area contributed by atoms with Gasteiger partial charge < -0.3 is 20.3 Å². The molecular weight excluding hydrogens is 182 g/mol. The highest BCUT2D eigenvalue weighted by Gasteiger charge is 2.46. The molecule has 0 aliphatic carbocycles. The summed E-state index contributed by atoms with van der Waals surface area (Å²) in [6.45, 7) is 4.49. The minimum Gasteiger partial charge on any atom is -0.388 e. The number of hydrogen-bond acceptors (Lipinski definition) is 4. The molecule has 0 saturated carbocycles. The molecular formula is C10H17NO3. The van der Waals surface area contributed by atoms with E-state index in [4.69, 9.17) is 4.74 Å². The van der Waals surface area contributed by atoms with Crippen LogP contribution >= 0.6 is 0 Å². The maximum Gasteiger partial charge on any atom is 0.110 e. The quantitative estimate of drug-likeness (QED) is 0.520. The molecule has 0 amide bonds. The van der Waals surface area contributed by atoms with Gasteiger partial charge in [0.05, 0.1) is 6.10 Å². The van der Waals surface area contributed by atoms with Crippen LogP contribution in [0.1, 0.15) is 12.8 Å². The molecule has 0 radical (unpaired) electrons. The Morgan fingerprint density at radius 3 is 2.93 bits per heavy atom. The van der Waals surface area contributed by atoms with Gasteiger partial charge in [-0.25, -0.2) is 0 Å². The van der Waals surface area contributed by atoms with Crippen LogP contribution in [-0.4, -0.2) is 47.2 Å². The zero-order valence-corrected chi connectivity index (χ0v) is 8.10. The van der Waals surface area contributed by atoms with E-state index in [1.54, 1.807) is 6.08 Å². The fourth-order valence-corrected chi connectivity index (χ4v) is 2.27. The Morgan fingerprint density at radius 2 is 2.21 bits per heavy atom. The summed E-state index contributed by atoms with van der Waals surface area (Å²) in [5.74, 6) is 0. The van der Waals surface area contributed by atoms with E-state index in [1.807, 2.05) is 0 Å². The highest BCUT2D eigenvalue weighted by Crippen LogP contribution is 2.28. The van der Waals surface area contributed by atoms with Gasteiger partial charge in [-0.15, -0.1) is 6.58 Å². The first-order valence-corrected chi connectivity index (χ1v) is 5.10. The highest BCUT2D eigenvalue weighted by molar-refractivity contribution is 5.00. The first-order valence-electron chi connectivity index (χ1n) is 5.10. The van der Waals surface area contributed by atoms with Crippen LogP contribution in [0.2, 0.25) is 0 Å². The number of nitrogens with one attached hydrogen (secondary N) is 1. The number of ether oxygens (including phenoxy) is 1. The fraction of sp³-hybridized carbons (Fsp3) is 0.800. The van der Waals surface area contributed by atoms with E-state index >= 15 is 0 Å². The summed E-state index contributed by atoms with van der Waals surface area (Å²) in [5, 5.41) is 22.7. The maximum absolute atomic E-state index is 9.74. The van der Waals surface area contributed by atoms with Gasteiger partial charge >= 0.3 is 0 Å². The zero-order valence-electron chi connectivity index (χ0n) is 8.10. The predicted octanol–water partition coefficient (Wildman–Crippen LogP) is -0.586. The lowest BCUT2D eigenvalue weighted by atomic mass is 9.97. The lowest BCUT2D eigenvalue weighted by Gasteiger charge is -2.25. The van der Waals surface area contributed by atoms with Crippen LogP contribution in [0, 0.1) is 0 Å². The molecule has 4 nitrogen and oxygen atoms in total. The molecule has 2 saturated heterocycles. The molecule has 80 valence electrons. The SMILES string of the molecule is C=CCC1NCCC2OC1[C@@H](O)[C@H]2O. The number of aliphatic hydroxyl groups excluding tert-OH is 2. The van der Waals surface area contributed by atoms with Gasteiger partial charge in [-0.3, -0.25) is 0 Å². The molecule has 0 aromatic heterocycles. The van der Waals surface area contributed by atoms with Crippen molar-refractivity contribution in [3.05, 3.63) is 12.7 Å². The summed E-state index contributed by atoms with van der Waals surface area (Å²) in [5.41, 5.74) is 0. The molecule has 2 aliphatic heterocycles. The summed E-state index contributed by atoms with van der Waals surface area (Å²) in [6.07, 6.45) is 1.31. The molecule has 2 rings (SSSR count). The van der Waals surface area contributed by atoms with E-state index < -0.39 is 12.2 Å². The second-order valence-corrected chi connectivity index (χ2v) is 3.99. The van der Waals surface area contributed by atoms with Gasteiger partial charge in [0, 0.05) is 6.04 Å². The van der Waals surface area contributed by atoms with Crippen molar-refractivity contribution >= 4 is 0 Å². The van der Waals surface area contributed by atoms with Crippen LogP contribution in [0.5, 0.6) is 0 Å². The number of rotatable bonds is 2. The molecule has 0 aromatic rings. The molecule has 3 unspecified atom stereocenters. The van der Waals surface area contributed by atoms with Crippen molar-refractivity contribution in [3.8, 4) is 0 Å². The van der Waals surface area contributed by atoms with Crippen LogP contribution in [0.3, 0.4) is 0 Å². The van der Waals surface area contributed by atoms with E-state index in [1.165, 1.54) is 0 Å². The van der Waals surface area contributed by atoms with Gasteiger partial charge in [0.1, 0.15) is 18.3 Å². The maximum atomic E-state index is 9.74. The monoisotopic (exact) mass is 199 g/mol. The molecule has 2 heterocycles. The Hall–Kier alpha value is -0.420. The molecule has 14 heavy (non-hydrogen) atoms. The predicted molar refractivity (Wildman–Crippen MR) is 51.9 cm³/mol. The van der Waals surface area contributed by atoms with Gasteiger partial charge in [-0.1, -0.05) is 6.08 Å². The Labute approximate surface area is 83.6 Å². The first kappa shape index (κ1) is 10.1. The Bertz CT molecular complexity index is 221. The van der Waals surface area contributed by atoms with Crippen molar-refractivity contribution in [3.63, 3.8) is 0 Å². The Kier molecular flexibility index (Phi) is 2.88. The molecule has 4 heteroatoms. The van der Waals surface area contributed by atoms with Gasteiger partial charge in [-0.2, -0.15) is 0 Å². The third-order valence-corrected chi connectivity index (χ3v) is 3.05. The number of hydrogen-bond donors (Lipinski definition) is 3. The van der Waals surface area contributed by atoms with Crippen LogP contribution in [-0.2, 0) is 4.74 Å². The summed E-state index contributed by atoms with van der Waals surface area (Å²) >= 11 is 0. The molecule has 2 bridgehead atoms. The third kappa shape index (κ3) is 1.59. The molecule has 3 N–H and O–H groups in total. The lowest BCUT2D eigenvalue weighted by molar-refractivity contribution is 0.000261. The molecule has 0 aromatic carbocycles. The standard InChI is InChI=1S/C10H17NO3/c1-2-3-6-10-9(13)8(12)7(14-10)4-5-11-6/h2,6-13H,1,3-5H2/t6?,7?,8-,9-,10?/m0/s1. The van der Waals surface area contributed by atoms with Gasteiger partial charge in [0.2, 0.25) is 0 Å². The molecule has 2 fully saturated rings. The van der Waals surface area contributed by atoms with E-state index in [0.29, 0.717) is 0 Å². The molecule has 2 aliphatic rings. The summed E-state index contributed by atoms with van der Waals surface area (Å²) in [4.78, 5) is 0. The lowest BCUT2D eigenvalue weighted by Crippen LogP contribution is -2.47. The third-order valence-electron chi connectivity index (χ3n) is 3.05. The normalized spacial score (nSPS) is 47.4. The Balaban J connectivity index is 2.11. The first-order chi connectivity index (χ1) is 6.74. The smallest absolute Gasteiger partial charge is 0.110 e. The van der Waals surface area contributed by atoms with E-state index in [0.717, 1.165) is 19.4 Å². The van der Waals surface area contributed by atoms with E-state index in [-0.39, 0.29) is 18.2 Å². The average molecular weight is 199 g/mol. The topological polar surface area (TPSA) is 61.7 Å². The fourth-order valence-electron chi connectivity index (χ4n) is 2.27. The van der Waals surface area contributed by atoms with Crippen molar-refractivity contribution in [1.82, 2.24) is 5.32 Å². The van der Waals surface area contributed by atoms with Crippen molar-refractivity contribution in [1.29, 1.82) is 0 Å². The minimum atomic E-state index is -0.766. The van der Waals surface area contributed by atoms with Crippen LogP contribution in [0.4, 0.5) is 0 Å². The minimum absolute atomic E-state index is 0.0737. The van der Waals surface area contributed by atoms with E-state index in [9.17, 15) is 10.2 Å². The van der Waals surface area contributed by atoms with Gasteiger partial charge in [0.15, 0.2) is 0 Å². The Morgan fingerprint density at radius 1 is 1.43 bits per heavy atom. The molecule has 0 spiro atoms. The van der Waals surface area contributed by atoms with Crippen molar-refractivity contribution < 1.29 is 14.9 Å². The number of fused-ring (bicyclic) bond motifs is 2. The summed E-state index contributed by atoms with van der Waals surface area (Å²) in [7, 11) is 0. The van der Waals surface area contributed by atoms with Gasteiger partial charge in [0.25, 0.3) is 0 Å². The van der Waals surface area contributed by atoms with Crippen molar-refractivity contribution in [2.24, 2.45) is 0 Å². The van der Waals surface area contributed by atoms with Crippen molar-refractivity contribution in [2.45, 2.75) is 43.3 Å². The second-order valence-electron chi connectivity index (χ2n) is 3.99. The number of aliphatic hydroxyl groups is 2. The summed E-state index contributed by atoms with van der Waals surface area (Å²) in [6, 6.07) is 0.0737. The summed E-state index contributed by atoms with van der Waals surface area (Å²) < 4.78 is 5.60. The van der Waals surface area contributed by atoms with Crippen molar-refractivity contribution in [2.75, 3.05) is 6.54 Å². The largest absolute Gasteiger partial charge is 0.388 e. The highest BCUT2D eigenvalue weighted by atomic mass is 16.5. The second kappa shape index (κ2) is 3.98.